The maximum Gasteiger partial charge on any atom is 0.367 e. The van der Waals surface area contributed by atoms with Gasteiger partial charge in [-0.15, -0.1) is 0 Å². The van der Waals surface area contributed by atoms with Crippen LogP contribution in [-0.2, 0) is 9.53 Å². The highest BCUT2D eigenvalue weighted by Crippen LogP contribution is 2.10. The summed E-state index contributed by atoms with van der Waals surface area (Å²) in [5.41, 5.74) is 0.984. The zero-order valence-corrected chi connectivity index (χ0v) is 8.74. The Labute approximate surface area is 92.8 Å². The van der Waals surface area contributed by atoms with Gasteiger partial charge in [-0.25, -0.2) is 4.79 Å². The van der Waals surface area contributed by atoms with Gasteiger partial charge in [0, 0.05) is 0 Å². The second-order valence-electron chi connectivity index (χ2n) is 2.95. The Hall–Kier alpha value is -2.15. The highest BCUT2D eigenvalue weighted by Gasteiger charge is 2.08. The molecule has 0 spiro atoms. The first-order valence-electron chi connectivity index (χ1n) is 4.72. The van der Waals surface area contributed by atoms with Crippen LogP contribution in [0.1, 0.15) is 18.1 Å². The molecule has 16 heavy (non-hydrogen) atoms. The molecular formula is C12H10FNO2. The van der Waals surface area contributed by atoms with E-state index in [0.29, 0.717) is 11.1 Å². The lowest BCUT2D eigenvalue weighted by Crippen LogP contribution is -2.03. The van der Waals surface area contributed by atoms with Gasteiger partial charge in [0.05, 0.1) is 18.2 Å². The summed E-state index contributed by atoms with van der Waals surface area (Å²) in [6.07, 6.45) is 1.07. The number of hydrogen-bond donors (Lipinski definition) is 0. The molecule has 0 aliphatic heterocycles. The second kappa shape index (κ2) is 5.66. The SMILES string of the molecule is CCOC(=O)/C(F)=C/c1ccc(C#N)cc1. The maximum absolute atomic E-state index is 13.2. The molecule has 0 heterocycles. The molecule has 0 fully saturated rings. The molecular weight excluding hydrogens is 209 g/mol. The Bertz CT molecular complexity index is 443. The number of hydrogen-bond acceptors (Lipinski definition) is 3. The van der Waals surface area contributed by atoms with Gasteiger partial charge in [-0.3, -0.25) is 0 Å². The van der Waals surface area contributed by atoms with Crippen LogP contribution in [0.4, 0.5) is 4.39 Å². The van der Waals surface area contributed by atoms with Gasteiger partial charge in [-0.2, -0.15) is 9.65 Å². The van der Waals surface area contributed by atoms with E-state index in [1.165, 1.54) is 0 Å². The molecule has 0 N–H and O–H groups in total. The monoisotopic (exact) mass is 219 g/mol. The minimum Gasteiger partial charge on any atom is -0.461 e. The van der Waals surface area contributed by atoms with E-state index in [1.807, 2.05) is 6.07 Å². The third kappa shape index (κ3) is 3.21. The molecule has 0 aliphatic rings. The number of rotatable bonds is 3. The molecule has 0 amide bonds. The van der Waals surface area contributed by atoms with Crippen molar-refractivity contribution in [2.45, 2.75) is 6.92 Å². The summed E-state index contributed by atoms with van der Waals surface area (Å²) < 4.78 is 17.7. The predicted octanol–water partition coefficient (Wildman–Crippen LogP) is 2.43. The third-order valence-electron chi connectivity index (χ3n) is 1.80. The lowest BCUT2D eigenvalue weighted by Gasteiger charge is -1.98. The molecule has 1 aromatic rings. The molecule has 82 valence electrons. The summed E-state index contributed by atoms with van der Waals surface area (Å²) in [6.45, 7) is 1.74. The van der Waals surface area contributed by atoms with Crippen LogP contribution in [-0.4, -0.2) is 12.6 Å². The van der Waals surface area contributed by atoms with Gasteiger partial charge in [0.15, 0.2) is 0 Å². The first-order valence-corrected chi connectivity index (χ1v) is 4.72. The Morgan fingerprint density at radius 1 is 1.50 bits per heavy atom. The van der Waals surface area contributed by atoms with Crippen LogP contribution >= 0.6 is 0 Å². The molecule has 3 nitrogen and oxygen atoms in total. The van der Waals surface area contributed by atoms with Crippen molar-refractivity contribution in [2.24, 2.45) is 0 Å². The molecule has 0 aromatic heterocycles. The van der Waals surface area contributed by atoms with E-state index in [0.717, 1.165) is 6.08 Å². The Morgan fingerprint density at radius 2 is 2.12 bits per heavy atom. The minimum absolute atomic E-state index is 0.132. The van der Waals surface area contributed by atoms with E-state index in [-0.39, 0.29) is 6.61 Å². The number of nitriles is 1. The fourth-order valence-corrected chi connectivity index (χ4v) is 1.06. The molecule has 0 saturated heterocycles. The first-order chi connectivity index (χ1) is 7.67. The van der Waals surface area contributed by atoms with Gasteiger partial charge in [-0.1, -0.05) is 12.1 Å². The zero-order valence-electron chi connectivity index (χ0n) is 8.74. The Morgan fingerprint density at radius 3 is 2.62 bits per heavy atom. The van der Waals surface area contributed by atoms with E-state index in [1.54, 1.807) is 31.2 Å². The third-order valence-corrected chi connectivity index (χ3v) is 1.80. The summed E-state index contributed by atoms with van der Waals surface area (Å²) >= 11 is 0. The zero-order chi connectivity index (χ0) is 12.0. The molecule has 0 unspecified atom stereocenters. The van der Waals surface area contributed by atoms with Crippen molar-refractivity contribution < 1.29 is 13.9 Å². The quantitative estimate of drug-likeness (QED) is 0.579. The fourth-order valence-electron chi connectivity index (χ4n) is 1.06. The summed E-state index contributed by atoms with van der Waals surface area (Å²) in [5.74, 6) is -1.93. The number of carbonyl (C=O) groups is 1. The molecule has 1 aromatic carbocycles. The molecule has 0 bridgehead atoms. The van der Waals surface area contributed by atoms with Crippen LogP contribution in [0.15, 0.2) is 30.1 Å². The highest BCUT2D eigenvalue weighted by atomic mass is 19.1. The standard InChI is InChI=1S/C12H10FNO2/c1-2-16-12(15)11(13)7-9-3-5-10(8-14)6-4-9/h3-7H,2H2,1H3/b11-7-. The van der Waals surface area contributed by atoms with Crippen LogP contribution in [0.3, 0.4) is 0 Å². The number of halogens is 1. The van der Waals surface area contributed by atoms with Crippen molar-refractivity contribution in [1.29, 1.82) is 5.26 Å². The lowest BCUT2D eigenvalue weighted by atomic mass is 10.1. The van der Waals surface area contributed by atoms with E-state index in [2.05, 4.69) is 4.74 Å². The smallest absolute Gasteiger partial charge is 0.367 e. The summed E-state index contributed by atoms with van der Waals surface area (Å²) in [6, 6.07) is 8.14. The predicted molar refractivity (Wildman–Crippen MR) is 56.9 cm³/mol. The van der Waals surface area contributed by atoms with Crippen LogP contribution < -0.4 is 0 Å². The second-order valence-corrected chi connectivity index (χ2v) is 2.95. The number of benzene rings is 1. The minimum atomic E-state index is -0.980. The van der Waals surface area contributed by atoms with Crippen LogP contribution in [0, 0.1) is 11.3 Å². The number of esters is 1. The van der Waals surface area contributed by atoms with E-state index in [4.69, 9.17) is 5.26 Å². The van der Waals surface area contributed by atoms with Crippen molar-refractivity contribution in [3.05, 3.63) is 41.2 Å². The van der Waals surface area contributed by atoms with Crippen molar-refractivity contribution in [1.82, 2.24) is 0 Å². The largest absolute Gasteiger partial charge is 0.461 e. The molecule has 1 rings (SSSR count). The van der Waals surface area contributed by atoms with Gasteiger partial charge in [0.1, 0.15) is 0 Å². The van der Waals surface area contributed by atoms with Crippen molar-refractivity contribution >= 4 is 12.0 Å². The van der Waals surface area contributed by atoms with Crippen LogP contribution in [0.25, 0.3) is 6.08 Å². The molecule has 0 radical (unpaired) electrons. The van der Waals surface area contributed by atoms with Gasteiger partial charge < -0.3 is 4.74 Å². The van der Waals surface area contributed by atoms with Crippen molar-refractivity contribution in [2.75, 3.05) is 6.61 Å². The number of nitrogens with zero attached hydrogens (tertiary/aromatic N) is 1. The van der Waals surface area contributed by atoms with E-state index < -0.39 is 11.8 Å². The summed E-state index contributed by atoms with van der Waals surface area (Å²) in [7, 11) is 0. The number of ether oxygens (including phenoxy) is 1. The lowest BCUT2D eigenvalue weighted by molar-refractivity contribution is -0.140. The van der Waals surface area contributed by atoms with Crippen molar-refractivity contribution in [3.8, 4) is 6.07 Å². The van der Waals surface area contributed by atoms with Gasteiger partial charge in [-0.05, 0) is 30.7 Å². The normalized spacial score (nSPS) is 10.7. The van der Waals surface area contributed by atoms with Gasteiger partial charge >= 0.3 is 5.97 Å². The Kier molecular flexibility index (Phi) is 4.22. The van der Waals surface area contributed by atoms with E-state index in [9.17, 15) is 9.18 Å². The number of carbonyl (C=O) groups excluding carboxylic acids is 1. The van der Waals surface area contributed by atoms with Crippen LogP contribution in [0.2, 0.25) is 0 Å². The van der Waals surface area contributed by atoms with Crippen molar-refractivity contribution in [3.63, 3.8) is 0 Å². The topological polar surface area (TPSA) is 50.1 Å². The van der Waals surface area contributed by atoms with Gasteiger partial charge in [0.2, 0.25) is 5.83 Å². The van der Waals surface area contributed by atoms with E-state index >= 15 is 0 Å². The average molecular weight is 219 g/mol. The molecule has 0 aliphatic carbocycles. The average Bonchev–Trinajstić information content (AvgIpc) is 2.30. The maximum atomic E-state index is 13.2. The molecule has 0 atom stereocenters. The molecule has 0 saturated carbocycles. The summed E-state index contributed by atoms with van der Waals surface area (Å²) in [4.78, 5) is 11.0. The first kappa shape index (κ1) is 11.9. The van der Waals surface area contributed by atoms with Crippen LogP contribution in [0.5, 0.6) is 0 Å². The fraction of sp³-hybridized carbons (Fsp3) is 0.167. The molecule has 4 heteroatoms. The summed E-state index contributed by atoms with van der Waals surface area (Å²) in [5, 5.41) is 8.55. The van der Waals surface area contributed by atoms with Gasteiger partial charge in [0.25, 0.3) is 0 Å². The highest BCUT2D eigenvalue weighted by molar-refractivity contribution is 5.91. The Balaban J connectivity index is 2.82.